The number of nitrogens with zero attached hydrogens (tertiary/aromatic N) is 1. The van der Waals surface area contributed by atoms with Gasteiger partial charge < -0.3 is 10.5 Å². The van der Waals surface area contributed by atoms with E-state index >= 15 is 0 Å². The molecule has 0 spiro atoms. The van der Waals surface area contributed by atoms with Crippen molar-refractivity contribution in [1.82, 2.24) is 0 Å². The second kappa shape index (κ2) is 6.01. The van der Waals surface area contributed by atoms with Gasteiger partial charge in [-0.1, -0.05) is 12.1 Å². The quantitative estimate of drug-likeness (QED) is 0.696. The molecule has 0 fully saturated rings. The number of nitrogens with two attached hydrogens (primary N) is 1. The first kappa shape index (κ1) is 14.5. The number of anilines is 1. The lowest BCUT2D eigenvalue weighted by Gasteiger charge is -2.08. The Labute approximate surface area is 119 Å². The summed E-state index contributed by atoms with van der Waals surface area (Å²) in [4.78, 5) is 11.8. The van der Waals surface area contributed by atoms with Gasteiger partial charge in [-0.2, -0.15) is 5.26 Å². The number of benzene rings is 2. The molecule has 4 nitrogen and oxygen atoms in total. The largest absolute Gasteiger partial charge is 0.457 e. The third kappa shape index (κ3) is 3.34. The number of nitriles is 1. The van der Waals surface area contributed by atoms with Crippen LogP contribution in [-0.2, 0) is 11.3 Å². The molecular formula is C15H10F2N2O2. The Morgan fingerprint density at radius 2 is 1.95 bits per heavy atom. The fourth-order valence-electron chi connectivity index (χ4n) is 1.70. The van der Waals surface area contributed by atoms with Crippen LogP contribution in [0.5, 0.6) is 0 Å². The fourth-order valence-corrected chi connectivity index (χ4v) is 1.70. The summed E-state index contributed by atoms with van der Waals surface area (Å²) in [6.45, 7) is -0.104. The van der Waals surface area contributed by atoms with Crippen LogP contribution in [0.3, 0.4) is 0 Å². The highest BCUT2D eigenvalue weighted by Crippen LogP contribution is 2.18. The highest BCUT2D eigenvalue weighted by Gasteiger charge is 2.15. The van der Waals surface area contributed by atoms with Gasteiger partial charge in [0.25, 0.3) is 0 Å². The van der Waals surface area contributed by atoms with Gasteiger partial charge in [0.15, 0.2) is 11.6 Å². The third-order valence-corrected chi connectivity index (χ3v) is 2.74. The van der Waals surface area contributed by atoms with Gasteiger partial charge in [0.05, 0.1) is 17.2 Å². The number of ether oxygens (including phenoxy) is 1. The molecule has 0 bridgehead atoms. The SMILES string of the molecule is N#Cc1cccc(COC(=O)c2cc(F)c(F)cc2N)c1. The van der Waals surface area contributed by atoms with E-state index in [1.165, 1.54) is 0 Å². The maximum absolute atomic E-state index is 13.1. The van der Waals surface area contributed by atoms with E-state index in [2.05, 4.69) is 0 Å². The molecule has 0 aliphatic carbocycles. The number of hydrogen-bond acceptors (Lipinski definition) is 4. The van der Waals surface area contributed by atoms with Crippen molar-refractivity contribution in [2.75, 3.05) is 5.73 Å². The van der Waals surface area contributed by atoms with Gasteiger partial charge in [-0.25, -0.2) is 13.6 Å². The molecule has 0 aromatic heterocycles. The Bertz CT molecular complexity index is 739. The lowest BCUT2D eigenvalue weighted by Crippen LogP contribution is -2.09. The van der Waals surface area contributed by atoms with E-state index in [0.29, 0.717) is 17.2 Å². The predicted octanol–water partition coefficient (Wildman–Crippen LogP) is 2.78. The van der Waals surface area contributed by atoms with Gasteiger partial charge in [-0.05, 0) is 23.8 Å². The molecule has 0 heterocycles. The molecule has 2 aromatic carbocycles. The lowest BCUT2D eigenvalue weighted by atomic mass is 10.1. The smallest absolute Gasteiger partial charge is 0.340 e. The number of rotatable bonds is 3. The van der Waals surface area contributed by atoms with Crippen molar-refractivity contribution < 1.29 is 18.3 Å². The molecule has 0 radical (unpaired) electrons. The van der Waals surface area contributed by atoms with Crippen LogP contribution in [0.2, 0.25) is 0 Å². The van der Waals surface area contributed by atoms with Crippen molar-refractivity contribution in [3.8, 4) is 6.07 Å². The van der Waals surface area contributed by atoms with Crippen LogP contribution in [0.15, 0.2) is 36.4 Å². The van der Waals surface area contributed by atoms with Crippen molar-refractivity contribution in [2.45, 2.75) is 6.61 Å². The molecule has 6 heteroatoms. The molecule has 0 atom stereocenters. The number of halogens is 2. The highest BCUT2D eigenvalue weighted by atomic mass is 19.2. The molecule has 0 amide bonds. The van der Waals surface area contributed by atoms with Crippen molar-refractivity contribution in [3.05, 3.63) is 64.7 Å². The number of hydrogen-bond donors (Lipinski definition) is 1. The first-order valence-corrected chi connectivity index (χ1v) is 5.92. The predicted molar refractivity (Wildman–Crippen MR) is 71.0 cm³/mol. The molecule has 21 heavy (non-hydrogen) atoms. The Balaban J connectivity index is 2.12. The zero-order valence-electron chi connectivity index (χ0n) is 10.8. The Morgan fingerprint density at radius 1 is 1.24 bits per heavy atom. The lowest BCUT2D eigenvalue weighted by molar-refractivity contribution is 0.0473. The van der Waals surface area contributed by atoms with Crippen LogP contribution in [0, 0.1) is 23.0 Å². The summed E-state index contributed by atoms with van der Waals surface area (Å²) < 4.78 is 31.0. The zero-order valence-corrected chi connectivity index (χ0v) is 10.8. The van der Waals surface area contributed by atoms with E-state index in [-0.39, 0.29) is 17.9 Å². The standard InChI is InChI=1S/C15H10F2N2O2/c16-12-5-11(14(19)6-13(12)17)15(20)21-8-10-3-1-2-9(4-10)7-18/h1-6H,8,19H2. The van der Waals surface area contributed by atoms with Crippen LogP contribution < -0.4 is 5.73 Å². The van der Waals surface area contributed by atoms with Gasteiger partial charge in [-0.3, -0.25) is 0 Å². The number of carbonyl (C=O) groups excluding carboxylic acids is 1. The summed E-state index contributed by atoms with van der Waals surface area (Å²) in [5.74, 6) is -3.18. The van der Waals surface area contributed by atoms with E-state index in [1.807, 2.05) is 6.07 Å². The maximum atomic E-state index is 13.1. The summed E-state index contributed by atoms with van der Waals surface area (Å²) in [6.07, 6.45) is 0. The topological polar surface area (TPSA) is 76.1 Å². The molecule has 0 unspecified atom stereocenters. The molecule has 2 aromatic rings. The van der Waals surface area contributed by atoms with Crippen molar-refractivity contribution in [2.24, 2.45) is 0 Å². The van der Waals surface area contributed by atoms with Crippen LogP contribution in [0.4, 0.5) is 14.5 Å². The molecule has 2 N–H and O–H groups in total. The molecule has 0 aliphatic heterocycles. The van der Waals surface area contributed by atoms with E-state index in [1.54, 1.807) is 24.3 Å². The molecule has 0 saturated heterocycles. The van der Waals surface area contributed by atoms with Gasteiger partial charge in [0.2, 0.25) is 0 Å². The van der Waals surface area contributed by atoms with Crippen molar-refractivity contribution >= 4 is 11.7 Å². The van der Waals surface area contributed by atoms with E-state index in [9.17, 15) is 13.6 Å². The minimum atomic E-state index is -1.18. The van der Waals surface area contributed by atoms with Crippen LogP contribution in [0.1, 0.15) is 21.5 Å². The fraction of sp³-hybridized carbons (Fsp3) is 0.0667. The number of esters is 1. The summed E-state index contributed by atoms with van der Waals surface area (Å²) in [6, 6.07) is 9.86. The van der Waals surface area contributed by atoms with E-state index in [4.69, 9.17) is 15.7 Å². The Kier molecular flexibility index (Phi) is 4.14. The van der Waals surface area contributed by atoms with Crippen LogP contribution in [0.25, 0.3) is 0 Å². The second-order valence-electron chi connectivity index (χ2n) is 4.24. The maximum Gasteiger partial charge on any atom is 0.340 e. The second-order valence-corrected chi connectivity index (χ2v) is 4.24. The monoisotopic (exact) mass is 288 g/mol. The first-order chi connectivity index (χ1) is 10.0. The normalized spacial score (nSPS) is 9.95. The Hall–Kier alpha value is -2.94. The minimum Gasteiger partial charge on any atom is -0.457 e. The van der Waals surface area contributed by atoms with Crippen LogP contribution >= 0.6 is 0 Å². The molecule has 106 valence electrons. The molecule has 0 saturated carbocycles. The molecule has 2 rings (SSSR count). The van der Waals surface area contributed by atoms with Crippen molar-refractivity contribution in [1.29, 1.82) is 5.26 Å². The first-order valence-electron chi connectivity index (χ1n) is 5.92. The van der Waals surface area contributed by atoms with E-state index in [0.717, 1.165) is 6.07 Å². The zero-order chi connectivity index (χ0) is 15.4. The number of carbonyl (C=O) groups is 1. The summed E-state index contributed by atoms with van der Waals surface area (Å²) in [5, 5.41) is 8.76. The molecular weight excluding hydrogens is 278 g/mol. The summed E-state index contributed by atoms with van der Waals surface area (Å²) in [5.41, 5.74) is 6.03. The van der Waals surface area contributed by atoms with Gasteiger partial charge in [-0.15, -0.1) is 0 Å². The minimum absolute atomic E-state index is 0.104. The van der Waals surface area contributed by atoms with Crippen molar-refractivity contribution in [3.63, 3.8) is 0 Å². The average Bonchev–Trinajstić information content (AvgIpc) is 2.48. The van der Waals surface area contributed by atoms with Gasteiger partial charge in [0, 0.05) is 11.8 Å². The average molecular weight is 288 g/mol. The number of nitrogen functional groups attached to an aromatic ring is 1. The van der Waals surface area contributed by atoms with Crippen LogP contribution in [-0.4, -0.2) is 5.97 Å². The molecule has 0 aliphatic rings. The third-order valence-electron chi connectivity index (χ3n) is 2.74. The van der Waals surface area contributed by atoms with E-state index < -0.39 is 17.6 Å². The summed E-state index contributed by atoms with van der Waals surface area (Å²) >= 11 is 0. The van der Waals surface area contributed by atoms with Gasteiger partial charge in [0.1, 0.15) is 6.61 Å². The Morgan fingerprint density at radius 3 is 2.67 bits per heavy atom. The summed E-state index contributed by atoms with van der Waals surface area (Å²) in [7, 11) is 0. The highest BCUT2D eigenvalue weighted by molar-refractivity contribution is 5.95. The van der Waals surface area contributed by atoms with Gasteiger partial charge >= 0.3 is 5.97 Å².